The molecule has 2 rings (SSSR count). The summed E-state index contributed by atoms with van der Waals surface area (Å²) in [7, 11) is 0. The van der Waals surface area contributed by atoms with Crippen molar-refractivity contribution in [3.05, 3.63) is 59.8 Å². The minimum Gasteiger partial charge on any atom is -0.466 e. The molecule has 1 unspecified atom stereocenters. The van der Waals surface area contributed by atoms with E-state index in [1.165, 1.54) is 0 Å². The summed E-state index contributed by atoms with van der Waals surface area (Å²) in [4.78, 5) is 29.2. The minimum absolute atomic E-state index is 0.150. The molecule has 1 aromatic carbocycles. The van der Waals surface area contributed by atoms with E-state index in [9.17, 15) is 9.59 Å². The summed E-state index contributed by atoms with van der Waals surface area (Å²) in [5.74, 6) is -0.503. The highest BCUT2D eigenvalue weighted by molar-refractivity contribution is 5.98. The van der Waals surface area contributed by atoms with Crippen molar-refractivity contribution in [3.8, 4) is 0 Å². The Morgan fingerprint density at radius 1 is 1.11 bits per heavy atom. The number of nitrogens with zero attached hydrogens (tertiary/aromatic N) is 1. The topological polar surface area (TPSA) is 80.3 Å². The monoisotopic (exact) mass is 369 g/mol. The van der Waals surface area contributed by atoms with E-state index >= 15 is 0 Å². The van der Waals surface area contributed by atoms with E-state index in [4.69, 9.17) is 4.74 Å². The first-order valence-corrected chi connectivity index (χ1v) is 9.21. The summed E-state index contributed by atoms with van der Waals surface area (Å²) < 4.78 is 5.18. The van der Waals surface area contributed by atoms with E-state index in [-0.39, 0.29) is 24.5 Å². The van der Waals surface area contributed by atoms with Gasteiger partial charge in [-0.05, 0) is 44.9 Å². The van der Waals surface area contributed by atoms with E-state index in [1.807, 2.05) is 44.2 Å². The van der Waals surface area contributed by atoms with Gasteiger partial charge in [0.05, 0.1) is 18.1 Å². The minimum atomic E-state index is -0.450. The van der Waals surface area contributed by atoms with E-state index < -0.39 is 5.92 Å². The first kappa shape index (κ1) is 20.4. The molecule has 0 saturated carbocycles. The normalized spacial score (nSPS) is 11.7. The first-order chi connectivity index (χ1) is 13.0. The van der Waals surface area contributed by atoms with Gasteiger partial charge in [0, 0.05) is 18.8 Å². The third-order valence-corrected chi connectivity index (χ3v) is 3.93. The van der Waals surface area contributed by atoms with Crippen molar-refractivity contribution in [2.24, 2.45) is 5.92 Å². The highest BCUT2D eigenvalue weighted by Gasteiger charge is 2.22. The predicted molar refractivity (Wildman–Crippen MR) is 106 cm³/mol. The number of esters is 1. The summed E-state index contributed by atoms with van der Waals surface area (Å²) in [6, 6.07) is 13.3. The van der Waals surface area contributed by atoms with Crippen molar-refractivity contribution < 1.29 is 14.3 Å². The number of benzene rings is 1. The maximum absolute atomic E-state index is 12.6. The van der Waals surface area contributed by atoms with Crippen LogP contribution in [0.15, 0.2) is 48.7 Å². The van der Waals surface area contributed by atoms with E-state index in [0.717, 1.165) is 5.56 Å². The van der Waals surface area contributed by atoms with Crippen LogP contribution in [-0.2, 0) is 16.0 Å². The Kier molecular flexibility index (Phi) is 7.79. The van der Waals surface area contributed by atoms with Gasteiger partial charge in [-0.2, -0.15) is 0 Å². The summed E-state index contributed by atoms with van der Waals surface area (Å²) in [6.45, 7) is 6.24. The molecule has 1 atom stereocenters. The molecule has 1 aromatic heterocycles. The summed E-state index contributed by atoms with van der Waals surface area (Å²) >= 11 is 0. The van der Waals surface area contributed by atoms with Crippen LogP contribution in [0, 0.1) is 5.92 Å². The lowest BCUT2D eigenvalue weighted by Gasteiger charge is -2.18. The number of carbonyl (C=O) groups is 2. The van der Waals surface area contributed by atoms with Crippen LogP contribution in [-0.4, -0.2) is 36.1 Å². The quantitative estimate of drug-likeness (QED) is 0.664. The lowest BCUT2D eigenvalue weighted by molar-refractivity contribution is -0.147. The zero-order valence-electron chi connectivity index (χ0n) is 16.1. The van der Waals surface area contributed by atoms with Crippen molar-refractivity contribution in [2.75, 3.05) is 18.5 Å². The lowest BCUT2D eigenvalue weighted by atomic mass is 9.99. The standard InChI is InChI=1S/C21H27N3O3/c1-4-27-21(26)17(13-16-9-6-5-7-10-16)14-23-20(25)18-11-8-12-22-19(18)24-15(2)3/h5-12,15,17H,4,13-14H2,1-3H3,(H,22,24)(H,23,25). The molecule has 6 heteroatoms. The lowest BCUT2D eigenvalue weighted by Crippen LogP contribution is -2.35. The van der Waals surface area contributed by atoms with Crippen molar-refractivity contribution >= 4 is 17.7 Å². The number of pyridine rings is 1. The largest absolute Gasteiger partial charge is 0.466 e. The van der Waals surface area contributed by atoms with Crippen molar-refractivity contribution in [1.29, 1.82) is 0 Å². The molecule has 1 heterocycles. The number of amides is 1. The second kappa shape index (κ2) is 10.3. The van der Waals surface area contributed by atoms with Crippen molar-refractivity contribution in [2.45, 2.75) is 33.2 Å². The Labute approximate surface area is 160 Å². The van der Waals surface area contributed by atoms with Crippen LogP contribution in [0.5, 0.6) is 0 Å². The van der Waals surface area contributed by atoms with Gasteiger partial charge in [0.25, 0.3) is 5.91 Å². The third kappa shape index (κ3) is 6.40. The molecule has 1 amide bonds. The van der Waals surface area contributed by atoms with Gasteiger partial charge < -0.3 is 15.4 Å². The van der Waals surface area contributed by atoms with Gasteiger partial charge in [-0.25, -0.2) is 4.98 Å². The Bertz CT molecular complexity index is 747. The average molecular weight is 369 g/mol. The number of nitrogens with one attached hydrogen (secondary N) is 2. The van der Waals surface area contributed by atoms with Gasteiger partial charge in [0.1, 0.15) is 5.82 Å². The summed E-state index contributed by atoms with van der Waals surface area (Å²) in [5.41, 5.74) is 1.47. The zero-order valence-corrected chi connectivity index (χ0v) is 16.1. The number of hydrogen-bond acceptors (Lipinski definition) is 5. The Hall–Kier alpha value is -2.89. The number of aromatic nitrogens is 1. The molecule has 0 bridgehead atoms. The zero-order chi connectivity index (χ0) is 19.6. The third-order valence-electron chi connectivity index (χ3n) is 3.93. The highest BCUT2D eigenvalue weighted by Crippen LogP contribution is 2.14. The van der Waals surface area contributed by atoms with Crippen LogP contribution >= 0.6 is 0 Å². The van der Waals surface area contributed by atoms with Crippen molar-refractivity contribution in [1.82, 2.24) is 10.3 Å². The number of anilines is 1. The fourth-order valence-electron chi connectivity index (χ4n) is 2.69. The highest BCUT2D eigenvalue weighted by atomic mass is 16.5. The molecule has 0 aliphatic heterocycles. The molecule has 0 aliphatic rings. The van der Waals surface area contributed by atoms with Gasteiger partial charge in [0.2, 0.25) is 0 Å². The van der Waals surface area contributed by atoms with Gasteiger partial charge in [0.15, 0.2) is 0 Å². The smallest absolute Gasteiger partial charge is 0.311 e. The molecule has 2 aromatic rings. The van der Waals surface area contributed by atoms with Gasteiger partial charge in [-0.15, -0.1) is 0 Å². The molecular weight excluding hydrogens is 342 g/mol. The van der Waals surface area contributed by atoms with Crippen LogP contribution in [0.25, 0.3) is 0 Å². The van der Waals surface area contributed by atoms with Crippen LogP contribution in [0.1, 0.15) is 36.7 Å². The van der Waals surface area contributed by atoms with E-state index in [1.54, 1.807) is 25.3 Å². The Morgan fingerprint density at radius 2 is 1.85 bits per heavy atom. The molecule has 0 radical (unpaired) electrons. The number of hydrogen-bond donors (Lipinski definition) is 2. The second-order valence-corrected chi connectivity index (χ2v) is 6.55. The predicted octanol–water partition coefficient (Wildman–Crippen LogP) is 3.05. The Morgan fingerprint density at radius 3 is 2.52 bits per heavy atom. The van der Waals surface area contributed by atoms with E-state index in [2.05, 4.69) is 15.6 Å². The molecular formula is C21H27N3O3. The number of ether oxygens (including phenoxy) is 1. The fraction of sp³-hybridized carbons (Fsp3) is 0.381. The van der Waals surface area contributed by atoms with E-state index in [0.29, 0.717) is 24.4 Å². The number of rotatable bonds is 9. The first-order valence-electron chi connectivity index (χ1n) is 9.21. The molecule has 6 nitrogen and oxygen atoms in total. The van der Waals surface area contributed by atoms with Gasteiger partial charge >= 0.3 is 5.97 Å². The number of carbonyl (C=O) groups excluding carboxylic acids is 2. The molecule has 144 valence electrons. The SMILES string of the molecule is CCOC(=O)C(CNC(=O)c1cccnc1NC(C)C)Cc1ccccc1. The average Bonchev–Trinajstić information content (AvgIpc) is 2.65. The molecule has 27 heavy (non-hydrogen) atoms. The molecule has 0 saturated heterocycles. The molecule has 0 spiro atoms. The maximum Gasteiger partial charge on any atom is 0.311 e. The van der Waals surface area contributed by atoms with Gasteiger partial charge in [-0.3, -0.25) is 9.59 Å². The van der Waals surface area contributed by atoms with Gasteiger partial charge in [-0.1, -0.05) is 30.3 Å². The summed E-state index contributed by atoms with van der Waals surface area (Å²) in [6.07, 6.45) is 2.14. The maximum atomic E-state index is 12.6. The fourth-order valence-corrected chi connectivity index (χ4v) is 2.69. The molecule has 0 aliphatic carbocycles. The van der Waals surface area contributed by atoms with Crippen LogP contribution in [0.3, 0.4) is 0 Å². The van der Waals surface area contributed by atoms with Crippen LogP contribution in [0.2, 0.25) is 0 Å². The summed E-state index contributed by atoms with van der Waals surface area (Å²) in [5, 5.41) is 6.01. The van der Waals surface area contributed by atoms with Crippen LogP contribution in [0.4, 0.5) is 5.82 Å². The molecule has 0 fully saturated rings. The van der Waals surface area contributed by atoms with Crippen molar-refractivity contribution in [3.63, 3.8) is 0 Å². The Balaban J connectivity index is 2.07. The second-order valence-electron chi connectivity index (χ2n) is 6.55. The van der Waals surface area contributed by atoms with Crippen LogP contribution < -0.4 is 10.6 Å². The molecule has 2 N–H and O–H groups in total.